The Morgan fingerprint density at radius 3 is 2.51 bits per heavy atom. The third-order valence-electron chi connectivity index (χ3n) is 10.2. The monoisotopic (exact) mass is 624 g/mol. The van der Waals surface area contributed by atoms with Gasteiger partial charge in [0.25, 0.3) is 17.7 Å². The number of piperidine rings is 1. The number of nitrogens with one attached hydrogen (secondary N) is 1. The molecular weight excluding hydrogens is 589 g/mol. The summed E-state index contributed by atoms with van der Waals surface area (Å²) >= 11 is 0. The standard InChI is InChI=1S/C32H35F3N6O4/c1-3-39-29-25(27(38-41(29)20-8-10-45-11-9-20)31(44)40-21(15-36)12-19-14-23(19)40)24(17-6-7-17)26(30(39)43)37-28(42)18-5-4-16(2)22(13-18)32(33,34)35/h4-5,13,17,19-21,23-24,26H,3,6-12,14H2,1-2H3,(H,37,42)/t19-,21-,23+,24-,26-/m0/s1. The van der Waals surface area contributed by atoms with Crippen LogP contribution in [0.2, 0.25) is 0 Å². The Bertz CT molecular complexity index is 1600. The molecule has 2 saturated heterocycles. The summed E-state index contributed by atoms with van der Waals surface area (Å²) in [6.45, 7) is 4.38. The Morgan fingerprint density at radius 2 is 1.87 bits per heavy atom. The van der Waals surface area contributed by atoms with Crippen molar-refractivity contribution in [1.29, 1.82) is 5.26 Å². The summed E-state index contributed by atoms with van der Waals surface area (Å²) in [7, 11) is 0. The quantitative estimate of drug-likeness (QED) is 0.511. The number of fused-ring (bicyclic) bond motifs is 2. The van der Waals surface area contributed by atoms with E-state index in [9.17, 15) is 32.8 Å². The third kappa shape index (κ3) is 4.98. The maximum atomic E-state index is 14.4. The summed E-state index contributed by atoms with van der Waals surface area (Å²) < 4.78 is 48.4. The lowest BCUT2D eigenvalue weighted by molar-refractivity contribution is -0.138. The van der Waals surface area contributed by atoms with Crippen LogP contribution in [0.5, 0.6) is 0 Å². The van der Waals surface area contributed by atoms with Crippen molar-refractivity contribution in [2.75, 3.05) is 24.7 Å². The molecule has 5 atom stereocenters. The van der Waals surface area contributed by atoms with E-state index >= 15 is 0 Å². The number of hydrogen-bond donors (Lipinski definition) is 1. The smallest absolute Gasteiger partial charge is 0.381 e. The molecule has 10 nitrogen and oxygen atoms in total. The number of alkyl halides is 3. The topological polar surface area (TPSA) is 121 Å². The maximum absolute atomic E-state index is 14.4. The van der Waals surface area contributed by atoms with Gasteiger partial charge in [0.05, 0.1) is 17.7 Å². The van der Waals surface area contributed by atoms with Crippen LogP contribution in [-0.4, -0.2) is 70.3 Å². The number of likely N-dealkylation sites (tertiary alicyclic amines) is 1. The van der Waals surface area contributed by atoms with Crippen molar-refractivity contribution in [3.63, 3.8) is 0 Å². The molecule has 7 rings (SSSR count). The first-order chi connectivity index (χ1) is 21.5. The second-order valence-electron chi connectivity index (χ2n) is 13.0. The van der Waals surface area contributed by atoms with E-state index in [1.54, 1.807) is 21.4 Å². The van der Waals surface area contributed by atoms with Crippen LogP contribution in [-0.2, 0) is 15.7 Å². The fourth-order valence-corrected chi connectivity index (χ4v) is 7.65. The molecule has 4 heterocycles. The first-order valence-corrected chi connectivity index (χ1v) is 15.8. The number of halogens is 3. The van der Waals surface area contributed by atoms with Crippen LogP contribution in [0.1, 0.15) is 94.9 Å². The van der Waals surface area contributed by atoms with Gasteiger partial charge in [-0.2, -0.15) is 23.5 Å². The Balaban J connectivity index is 1.33. The zero-order chi connectivity index (χ0) is 31.8. The number of nitriles is 1. The number of likely N-dealkylation sites (N-methyl/N-ethyl adjacent to an activating group) is 1. The number of carbonyl (C=O) groups excluding carboxylic acids is 3. The fourth-order valence-electron chi connectivity index (χ4n) is 7.65. The maximum Gasteiger partial charge on any atom is 0.416 e. The molecule has 2 saturated carbocycles. The summed E-state index contributed by atoms with van der Waals surface area (Å²) in [5.74, 6) is -1.32. The molecule has 5 aliphatic rings. The molecule has 0 unspecified atom stereocenters. The molecule has 3 amide bonds. The van der Waals surface area contributed by atoms with E-state index in [-0.39, 0.29) is 53.2 Å². The van der Waals surface area contributed by atoms with E-state index < -0.39 is 35.6 Å². The molecule has 0 spiro atoms. The molecule has 3 aliphatic heterocycles. The molecular formula is C32H35F3N6O4. The minimum Gasteiger partial charge on any atom is -0.381 e. The normalized spacial score (nSPS) is 28.0. The highest BCUT2D eigenvalue weighted by atomic mass is 19.4. The molecule has 0 bridgehead atoms. The number of rotatable bonds is 6. The summed E-state index contributed by atoms with van der Waals surface area (Å²) in [4.78, 5) is 45.4. The van der Waals surface area contributed by atoms with E-state index in [0.29, 0.717) is 49.8 Å². The van der Waals surface area contributed by atoms with Crippen LogP contribution in [0.3, 0.4) is 0 Å². The number of carbonyl (C=O) groups is 3. The summed E-state index contributed by atoms with van der Waals surface area (Å²) in [5, 5.41) is 17.6. The number of anilines is 1. The van der Waals surface area contributed by atoms with Crippen molar-refractivity contribution in [2.45, 2.75) is 88.6 Å². The van der Waals surface area contributed by atoms with Gasteiger partial charge in [-0.05, 0) is 81.9 Å². The van der Waals surface area contributed by atoms with Gasteiger partial charge >= 0.3 is 6.18 Å². The second kappa shape index (κ2) is 10.9. The van der Waals surface area contributed by atoms with Gasteiger partial charge in [-0.15, -0.1) is 0 Å². The highest BCUT2D eigenvalue weighted by molar-refractivity contribution is 6.07. The highest BCUT2D eigenvalue weighted by Gasteiger charge is 2.57. The third-order valence-corrected chi connectivity index (χ3v) is 10.2. The Kier molecular flexibility index (Phi) is 7.18. The van der Waals surface area contributed by atoms with Gasteiger partial charge in [0.2, 0.25) is 0 Å². The Morgan fingerprint density at radius 1 is 1.13 bits per heavy atom. The Labute approximate surface area is 258 Å². The number of benzene rings is 1. The molecule has 4 fully saturated rings. The minimum atomic E-state index is -4.64. The van der Waals surface area contributed by atoms with Crippen LogP contribution < -0.4 is 10.2 Å². The zero-order valence-corrected chi connectivity index (χ0v) is 25.1. The number of amides is 3. The molecule has 1 aromatic carbocycles. The minimum absolute atomic E-state index is 0.00961. The van der Waals surface area contributed by atoms with E-state index in [0.717, 1.165) is 25.3 Å². The van der Waals surface area contributed by atoms with Crippen LogP contribution in [0.25, 0.3) is 0 Å². The zero-order valence-electron chi connectivity index (χ0n) is 25.1. The number of hydrogen-bond acceptors (Lipinski definition) is 6. The van der Waals surface area contributed by atoms with Crippen molar-refractivity contribution in [3.05, 3.63) is 46.1 Å². The fraction of sp³-hybridized carbons (Fsp3) is 0.594. The first-order valence-electron chi connectivity index (χ1n) is 15.8. The van der Waals surface area contributed by atoms with E-state index in [4.69, 9.17) is 9.84 Å². The van der Waals surface area contributed by atoms with Crippen molar-refractivity contribution < 1.29 is 32.3 Å². The molecule has 2 aliphatic carbocycles. The number of ether oxygens (including phenoxy) is 1. The van der Waals surface area contributed by atoms with Crippen LogP contribution in [0, 0.1) is 30.1 Å². The van der Waals surface area contributed by atoms with Gasteiger partial charge in [0.1, 0.15) is 17.9 Å². The van der Waals surface area contributed by atoms with Crippen molar-refractivity contribution in [1.82, 2.24) is 20.0 Å². The molecule has 238 valence electrons. The van der Waals surface area contributed by atoms with Crippen LogP contribution in [0.15, 0.2) is 18.2 Å². The van der Waals surface area contributed by atoms with E-state index in [2.05, 4.69) is 11.4 Å². The van der Waals surface area contributed by atoms with Crippen molar-refractivity contribution in [3.8, 4) is 6.07 Å². The van der Waals surface area contributed by atoms with Gasteiger partial charge in [-0.1, -0.05) is 6.07 Å². The van der Waals surface area contributed by atoms with Crippen molar-refractivity contribution >= 4 is 23.5 Å². The SMILES string of the molecule is CCN1C(=O)[C@@H](NC(=O)c2ccc(C)c(C(F)(F)F)c2)[C@@H](C2CC2)c2c(C(=O)N3[C@H](C#N)C[C@H]4C[C@H]43)nn(C3CCOCC3)c21. The Hall–Kier alpha value is -3.92. The lowest BCUT2D eigenvalue weighted by atomic mass is 9.82. The van der Waals surface area contributed by atoms with E-state index in [1.165, 1.54) is 19.1 Å². The molecule has 2 aromatic rings. The van der Waals surface area contributed by atoms with Gasteiger partial charge < -0.3 is 15.0 Å². The number of aromatic nitrogens is 2. The largest absolute Gasteiger partial charge is 0.416 e. The van der Waals surface area contributed by atoms with Crippen LogP contribution in [0.4, 0.5) is 19.0 Å². The molecule has 1 N–H and O–H groups in total. The van der Waals surface area contributed by atoms with Crippen molar-refractivity contribution in [2.24, 2.45) is 11.8 Å². The average molecular weight is 625 g/mol. The van der Waals surface area contributed by atoms with Gasteiger partial charge in [0, 0.05) is 42.8 Å². The molecule has 1 aromatic heterocycles. The predicted octanol–water partition coefficient (Wildman–Crippen LogP) is 4.35. The second-order valence-corrected chi connectivity index (χ2v) is 13.0. The molecule has 0 radical (unpaired) electrons. The van der Waals surface area contributed by atoms with Gasteiger partial charge in [-0.3, -0.25) is 19.3 Å². The van der Waals surface area contributed by atoms with Gasteiger partial charge in [0.15, 0.2) is 5.69 Å². The van der Waals surface area contributed by atoms with E-state index in [1.807, 2.05) is 0 Å². The molecule has 13 heteroatoms. The summed E-state index contributed by atoms with van der Waals surface area (Å²) in [5.41, 5.74) is -0.345. The van der Waals surface area contributed by atoms with Crippen LogP contribution >= 0.6 is 0 Å². The lowest BCUT2D eigenvalue weighted by Gasteiger charge is -2.39. The number of aryl methyl sites for hydroxylation is 1. The average Bonchev–Trinajstić information content (AvgIpc) is 3.94. The lowest BCUT2D eigenvalue weighted by Crippen LogP contribution is -2.56. The summed E-state index contributed by atoms with van der Waals surface area (Å²) in [6.07, 6.45) is -0.354. The van der Waals surface area contributed by atoms with Gasteiger partial charge in [-0.25, -0.2) is 4.68 Å². The predicted molar refractivity (Wildman–Crippen MR) is 154 cm³/mol. The molecule has 45 heavy (non-hydrogen) atoms. The highest BCUT2D eigenvalue weighted by Crippen LogP contribution is 2.53. The summed E-state index contributed by atoms with van der Waals surface area (Å²) in [6, 6.07) is 3.86. The number of nitrogens with zero attached hydrogens (tertiary/aromatic N) is 5. The first kappa shape index (κ1) is 29.8.